The minimum Gasteiger partial charge on any atom is -0.466 e. The van der Waals surface area contributed by atoms with Crippen LogP contribution in [0.2, 0.25) is 0 Å². The molecule has 1 fully saturated rings. The van der Waals surface area contributed by atoms with E-state index in [9.17, 15) is 18.0 Å². The van der Waals surface area contributed by atoms with E-state index in [1.54, 1.807) is 6.92 Å². The van der Waals surface area contributed by atoms with Crippen LogP contribution < -0.4 is 0 Å². The standard InChI is InChI=1S/C10H17NO5S/c1-2-16-10(13)8-9(12)4-6-11-5-3-7-17(11,14)15/h2-8H2,1H3. The Hall–Kier alpha value is -0.950. The van der Waals surface area contributed by atoms with E-state index in [1.807, 2.05) is 0 Å². The van der Waals surface area contributed by atoms with Gasteiger partial charge in [0.05, 0.1) is 12.4 Å². The van der Waals surface area contributed by atoms with Crippen molar-refractivity contribution in [1.29, 1.82) is 0 Å². The molecule has 7 heteroatoms. The third-order valence-electron chi connectivity index (χ3n) is 2.49. The molecular weight excluding hydrogens is 246 g/mol. The number of rotatable bonds is 6. The van der Waals surface area contributed by atoms with Crippen molar-refractivity contribution in [3.8, 4) is 0 Å². The first-order chi connectivity index (χ1) is 7.95. The quantitative estimate of drug-likeness (QED) is 0.495. The summed E-state index contributed by atoms with van der Waals surface area (Å²) in [6.07, 6.45) is 0.397. The second-order valence-corrected chi connectivity index (χ2v) is 5.93. The smallest absolute Gasteiger partial charge is 0.313 e. The zero-order valence-electron chi connectivity index (χ0n) is 9.85. The van der Waals surface area contributed by atoms with Crippen LogP contribution in [0.5, 0.6) is 0 Å². The number of hydrogen-bond donors (Lipinski definition) is 0. The number of carbonyl (C=O) groups excluding carboxylic acids is 2. The number of Topliss-reactive ketones (excluding diaryl/α,β-unsaturated/α-hetero) is 1. The summed E-state index contributed by atoms with van der Waals surface area (Å²) in [7, 11) is -3.16. The molecule has 0 aromatic rings. The third kappa shape index (κ3) is 4.43. The lowest BCUT2D eigenvalue weighted by atomic mass is 10.2. The molecule has 0 aromatic heterocycles. The molecule has 0 saturated carbocycles. The fourth-order valence-corrected chi connectivity index (χ4v) is 3.18. The average Bonchev–Trinajstić information content (AvgIpc) is 2.55. The van der Waals surface area contributed by atoms with Gasteiger partial charge in [0.25, 0.3) is 0 Å². The topological polar surface area (TPSA) is 80.8 Å². The number of hydrogen-bond acceptors (Lipinski definition) is 5. The molecule has 0 atom stereocenters. The van der Waals surface area contributed by atoms with Crippen molar-refractivity contribution in [2.45, 2.75) is 26.2 Å². The van der Waals surface area contributed by atoms with Crippen LogP contribution in [0.25, 0.3) is 0 Å². The normalized spacial score (nSPS) is 19.1. The lowest BCUT2D eigenvalue weighted by molar-refractivity contribution is -0.145. The number of carbonyl (C=O) groups is 2. The summed E-state index contributed by atoms with van der Waals surface area (Å²) in [5.41, 5.74) is 0. The van der Waals surface area contributed by atoms with E-state index in [0.29, 0.717) is 13.0 Å². The van der Waals surface area contributed by atoms with Gasteiger partial charge in [-0.1, -0.05) is 0 Å². The highest BCUT2D eigenvalue weighted by Crippen LogP contribution is 2.13. The van der Waals surface area contributed by atoms with Crippen LogP contribution in [-0.4, -0.2) is 49.9 Å². The Balaban J connectivity index is 2.31. The van der Waals surface area contributed by atoms with E-state index in [2.05, 4.69) is 4.74 Å². The van der Waals surface area contributed by atoms with Crippen molar-refractivity contribution in [2.24, 2.45) is 0 Å². The molecule has 6 nitrogen and oxygen atoms in total. The Morgan fingerprint density at radius 1 is 1.35 bits per heavy atom. The van der Waals surface area contributed by atoms with Crippen LogP contribution in [0.1, 0.15) is 26.2 Å². The number of ketones is 1. The molecule has 1 aliphatic heterocycles. The minimum atomic E-state index is -3.16. The highest BCUT2D eigenvalue weighted by Gasteiger charge is 2.28. The Morgan fingerprint density at radius 2 is 2.06 bits per heavy atom. The second kappa shape index (κ2) is 6.11. The van der Waals surface area contributed by atoms with Crippen LogP contribution in [0.4, 0.5) is 0 Å². The highest BCUT2D eigenvalue weighted by atomic mass is 32.2. The largest absolute Gasteiger partial charge is 0.466 e. The van der Waals surface area contributed by atoms with Gasteiger partial charge in [-0.25, -0.2) is 12.7 Å². The summed E-state index contributed by atoms with van der Waals surface area (Å²) in [4.78, 5) is 22.4. The lowest BCUT2D eigenvalue weighted by Crippen LogP contribution is -2.28. The first-order valence-electron chi connectivity index (χ1n) is 5.61. The Kier molecular flexibility index (Phi) is 5.07. The lowest BCUT2D eigenvalue weighted by Gasteiger charge is -2.12. The zero-order valence-corrected chi connectivity index (χ0v) is 10.7. The van der Waals surface area contributed by atoms with E-state index < -0.39 is 16.0 Å². The Morgan fingerprint density at radius 3 is 2.59 bits per heavy atom. The molecule has 0 aliphatic carbocycles. The van der Waals surface area contributed by atoms with E-state index in [-0.39, 0.29) is 37.5 Å². The minimum absolute atomic E-state index is 0.0675. The molecule has 0 amide bonds. The molecular formula is C10H17NO5S. The van der Waals surface area contributed by atoms with Crippen LogP contribution in [0, 0.1) is 0 Å². The maximum Gasteiger partial charge on any atom is 0.313 e. The van der Waals surface area contributed by atoms with Gasteiger partial charge in [0, 0.05) is 19.5 Å². The Bertz CT molecular complexity index is 390. The van der Waals surface area contributed by atoms with Crippen LogP contribution in [0.15, 0.2) is 0 Å². The van der Waals surface area contributed by atoms with Gasteiger partial charge in [-0.2, -0.15) is 0 Å². The van der Waals surface area contributed by atoms with Crippen molar-refractivity contribution in [2.75, 3.05) is 25.4 Å². The van der Waals surface area contributed by atoms with E-state index in [4.69, 9.17) is 0 Å². The van der Waals surface area contributed by atoms with Gasteiger partial charge in [-0.05, 0) is 13.3 Å². The van der Waals surface area contributed by atoms with Gasteiger partial charge in [-0.3, -0.25) is 9.59 Å². The fourth-order valence-electron chi connectivity index (χ4n) is 1.65. The molecule has 1 rings (SSSR count). The second-order valence-electron chi connectivity index (χ2n) is 3.84. The third-order valence-corrected chi connectivity index (χ3v) is 4.45. The van der Waals surface area contributed by atoms with Gasteiger partial charge in [0.1, 0.15) is 12.2 Å². The molecule has 98 valence electrons. The maximum atomic E-state index is 11.4. The predicted molar refractivity (Wildman–Crippen MR) is 60.9 cm³/mol. The summed E-state index contributed by atoms with van der Waals surface area (Å²) in [6.45, 7) is 2.54. The molecule has 1 saturated heterocycles. The molecule has 17 heavy (non-hydrogen) atoms. The van der Waals surface area contributed by atoms with Crippen molar-refractivity contribution in [3.05, 3.63) is 0 Å². The van der Waals surface area contributed by atoms with Gasteiger partial charge in [-0.15, -0.1) is 0 Å². The van der Waals surface area contributed by atoms with Crippen LogP contribution >= 0.6 is 0 Å². The highest BCUT2D eigenvalue weighted by molar-refractivity contribution is 7.89. The van der Waals surface area contributed by atoms with Gasteiger partial charge in [0.15, 0.2) is 0 Å². The van der Waals surface area contributed by atoms with Crippen molar-refractivity contribution >= 4 is 21.8 Å². The predicted octanol–water partition coefficient (Wildman–Crippen LogP) is -0.0657. The zero-order chi connectivity index (χ0) is 12.9. The molecule has 0 radical (unpaired) electrons. The molecule has 0 spiro atoms. The summed E-state index contributed by atoms with van der Waals surface area (Å²) in [5, 5.41) is 0. The van der Waals surface area contributed by atoms with Gasteiger partial charge >= 0.3 is 5.97 Å². The summed E-state index contributed by atoms with van der Waals surface area (Å²) in [6, 6.07) is 0. The summed E-state index contributed by atoms with van der Waals surface area (Å²) >= 11 is 0. The number of esters is 1. The first kappa shape index (κ1) is 14.1. The number of ether oxygens (including phenoxy) is 1. The van der Waals surface area contributed by atoms with Crippen molar-refractivity contribution in [1.82, 2.24) is 4.31 Å². The van der Waals surface area contributed by atoms with Gasteiger partial charge < -0.3 is 4.74 Å². The van der Waals surface area contributed by atoms with Crippen molar-refractivity contribution < 1.29 is 22.7 Å². The molecule has 1 heterocycles. The Labute approximate surface area is 101 Å². The molecule has 0 unspecified atom stereocenters. The average molecular weight is 263 g/mol. The summed E-state index contributed by atoms with van der Waals surface area (Å²) in [5.74, 6) is -0.689. The van der Waals surface area contributed by atoms with E-state index in [1.165, 1.54) is 4.31 Å². The van der Waals surface area contributed by atoms with Crippen LogP contribution in [-0.2, 0) is 24.3 Å². The summed E-state index contributed by atoms with van der Waals surface area (Å²) < 4.78 is 28.8. The number of nitrogens with zero attached hydrogens (tertiary/aromatic N) is 1. The first-order valence-corrected chi connectivity index (χ1v) is 7.22. The maximum absolute atomic E-state index is 11.4. The molecule has 0 bridgehead atoms. The molecule has 0 aromatic carbocycles. The SMILES string of the molecule is CCOC(=O)CC(=O)CCN1CCCS1(=O)=O. The van der Waals surface area contributed by atoms with Crippen molar-refractivity contribution in [3.63, 3.8) is 0 Å². The van der Waals surface area contributed by atoms with Crippen LogP contribution in [0.3, 0.4) is 0 Å². The van der Waals surface area contributed by atoms with Gasteiger partial charge in [0.2, 0.25) is 10.0 Å². The monoisotopic (exact) mass is 263 g/mol. The molecule has 1 aliphatic rings. The fraction of sp³-hybridized carbons (Fsp3) is 0.800. The molecule has 0 N–H and O–H groups in total. The van der Waals surface area contributed by atoms with E-state index >= 15 is 0 Å². The number of sulfonamides is 1. The van der Waals surface area contributed by atoms with E-state index in [0.717, 1.165) is 0 Å².